The molecule has 31 heavy (non-hydrogen) atoms. The van der Waals surface area contributed by atoms with E-state index in [1.807, 2.05) is 24.3 Å². The predicted octanol–water partition coefficient (Wildman–Crippen LogP) is 2.80. The molecule has 0 aliphatic carbocycles. The van der Waals surface area contributed by atoms with Crippen molar-refractivity contribution in [2.75, 3.05) is 46.9 Å². The van der Waals surface area contributed by atoms with Crippen LogP contribution < -0.4 is 14.8 Å². The average molecular weight is 428 g/mol. The van der Waals surface area contributed by atoms with E-state index in [4.69, 9.17) is 9.47 Å². The van der Waals surface area contributed by atoms with Gasteiger partial charge in [0.25, 0.3) is 11.8 Å². The van der Waals surface area contributed by atoms with Gasteiger partial charge in [0.2, 0.25) is 0 Å². The second-order valence-electron chi connectivity index (χ2n) is 7.27. The monoisotopic (exact) mass is 427 g/mol. The van der Waals surface area contributed by atoms with E-state index in [0.29, 0.717) is 24.5 Å². The summed E-state index contributed by atoms with van der Waals surface area (Å²) in [4.78, 5) is 28.1. The summed E-state index contributed by atoms with van der Waals surface area (Å²) in [5.41, 5.74) is 1.38. The normalized spacial score (nSPS) is 10.6. The van der Waals surface area contributed by atoms with E-state index in [-0.39, 0.29) is 18.4 Å². The highest BCUT2D eigenvalue weighted by molar-refractivity contribution is 5.94. The summed E-state index contributed by atoms with van der Waals surface area (Å²) in [6.07, 6.45) is 0. The van der Waals surface area contributed by atoms with Crippen molar-refractivity contribution in [1.29, 1.82) is 0 Å². The van der Waals surface area contributed by atoms with E-state index in [2.05, 4.69) is 24.1 Å². The number of likely N-dealkylation sites (N-methyl/N-ethyl adjacent to an activating group) is 2. The molecule has 0 spiro atoms. The Balaban J connectivity index is 1.92. The molecule has 2 aromatic carbocycles. The molecular formula is C24H33N3O4. The second kappa shape index (κ2) is 12.6. The zero-order valence-corrected chi connectivity index (χ0v) is 18.9. The first kappa shape index (κ1) is 24.2. The summed E-state index contributed by atoms with van der Waals surface area (Å²) in [7, 11) is 3.33. The summed E-state index contributed by atoms with van der Waals surface area (Å²) in [6.45, 7) is 7.98. The lowest BCUT2D eigenvalue weighted by molar-refractivity contribution is -0.130. The van der Waals surface area contributed by atoms with Gasteiger partial charge in [0.05, 0.1) is 0 Å². The van der Waals surface area contributed by atoms with Gasteiger partial charge in [0.1, 0.15) is 18.1 Å². The predicted molar refractivity (Wildman–Crippen MR) is 122 cm³/mol. The Morgan fingerprint density at radius 3 is 2.42 bits per heavy atom. The Labute approximate surface area is 184 Å². The molecule has 0 aliphatic rings. The number of ether oxygens (including phenoxy) is 2. The van der Waals surface area contributed by atoms with Crippen LogP contribution in [0.3, 0.4) is 0 Å². The molecule has 0 atom stereocenters. The standard InChI is InChI=1S/C24H33N3O4/c1-5-27(6-2)14-15-30-22-13-8-7-10-20(22)17-25-24(29)19-11-9-12-21(16-19)31-18-23(28)26(3)4/h7-13,16H,5-6,14-15,17-18H2,1-4H3,(H,25,29). The highest BCUT2D eigenvalue weighted by Gasteiger charge is 2.11. The smallest absolute Gasteiger partial charge is 0.259 e. The van der Waals surface area contributed by atoms with Crippen LogP contribution in [0.5, 0.6) is 11.5 Å². The van der Waals surface area contributed by atoms with Crippen molar-refractivity contribution in [3.05, 3.63) is 59.7 Å². The zero-order valence-electron chi connectivity index (χ0n) is 18.9. The molecule has 0 bridgehead atoms. The van der Waals surface area contributed by atoms with E-state index in [1.165, 1.54) is 4.90 Å². The quantitative estimate of drug-likeness (QED) is 0.564. The molecule has 0 aromatic heterocycles. The third kappa shape index (κ3) is 7.94. The summed E-state index contributed by atoms with van der Waals surface area (Å²) >= 11 is 0. The van der Waals surface area contributed by atoms with Gasteiger partial charge in [0, 0.05) is 38.3 Å². The van der Waals surface area contributed by atoms with Crippen molar-refractivity contribution in [2.24, 2.45) is 0 Å². The van der Waals surface area contributed by atoms with Crippen LogP contribution in [0.2, 0.25) is 0 Å². The Kier molecular flexibility index (Phi) is 9.84. The van der Waals surface area contributed by atoms with Gasteiger partial charge in [-0.1, -0.05) is 38.1 Å². The van der Waals surface area contributed by atoms with Crippen molar-refractivity contribution in [2.45, 2.75) is 20.4 Å². The molecule has 0 heterocycles. The summed E-state index contributed by atoms with van der Waals surface area (Å²) in [5.74, 6) is 0.881. The summed E-state index contributed by atoms with van der Waals surface area (Å²) in [5, 5.41) is 2.93. The first-order chi connectivity index (χ1) is 14.9. The number of carbonyl (C=O) groups is 2. The molecular weight excluding hydrogens is 394 g/mol. The van der Waals surface area contributed by atoms with Crippen LogP contribution in [0.25, 0.3) is 0 Å². The summed E-state index contributed by atoms with van der Waals surface area (Å²) < 4.78 is 11.4. The Bertz CT molecular complexity index is 850. The Morgan fingerprint density at radius 2 is 1.71 bits per heavy atom. The molecule has 0 saturated heterocycles. The average Bonchev–Trinajstić information content (AvgIpc) is 2.79. The van der Waals surface area contributed by atoms with Crippen molar-refractivity contribution in [3.63, 3.8) is 0 Å². The Hall–Kier alpha value is -3.06. The van der Waals surface area contributed by atoms with E-state index in [0.717, 1.165) is 30.9 Å². The van der Waals surface area contributed by atoms with Crippen LogP contribution in [-0.4, -0.2) is 68.6 Å². The molecule has 0 aliphatic heterocycles. The molecule has 7 nitrogen and oxygen atoms in total. The number of benzene rings is 2. The number of hydrogen-bond donors (Lipinski definition) is 1. The van der Waals surface area contributed by atoms with Crippen LogP contribution in [0, 0.1) is 0 Å². The number of rotatable bonds is 12. The van der Waals surface area contributed by atoms with Crippen molar-refractivity contribution in [3.8, 4) is 11.5 Å². The molecule has 2 amide bonds. The molecule has 7 heteroatoms. The largest absolute Gasteiger partial charge is 0.492 e. The molecule has 168 valence electrons. The van der Waals surface area contributed by atoms with Crippen molar-refractivity contribution >= 4 is 11.8 Å². The topological polar surface area (TPSA) is 71.1 Å². The van der Waals surface area contributed by atoms with E-state index in [1.54, 1.807) is 38.4 Å². The van der Waals surface area contributed by atoms with Gasteiger partial charge in [-0.15, -0.1) is 0 Å². The van der Waals surface area contributed by atoms with Crippen LogP contribution in [0.15, 0.2) is 48.5 Å². The lowest BCUT2D eigenvalue weighted by Gasteiger charge is -2.19. The molecule has 0 radical (unpaired) electrons. The van der Waals surface area contributed by atoms with Gasteiger partial charge in [0.15, 0.2) is 6.61 Å². The maximum atomic E-state index is 12.6. The van der Waals surface area contributed by atoms with Gasteiger partial charge in [-0.05, 0) is 37.4 Å². The van der Waals surface area contributed by atoms with Gasteiger partial charge in [-0.25, -0.2) is 0 Å². The third-order valence-electron chi connectivity index (χ3n) is 4.93. The molecule has 0 fully saturated rings. The van der Waals surface area contributed by atoms with Crippen LogP contribution >= 0.6 is 0 Å². The van der Waals surface area contributed by atoms with Crippen LogP contribution in [0.4, 0.5) is 0 Å². The number of carbonyl (C=O) groups excluding carboxylic acids is 2. The molecule has 0 saturated carbocycles. The fourth-order valence-electron chi connectivity index (χ4n) is 2.89. The van der Waals surface area contributed by atoms with Crippen LogP contribution in [0.1, 0.15) is 29.8 Å². The molecule has 0 unspecified atom stereocenters. The van der Waals surface area contributed by atoms with Crippen LogP contribution in [-0.2, 0) is 11.3 Å². The fraction of sp³-hybridized carbons (Fsp3) is 0.417. The SMILES string of the molecule is CCN(CC)CCOc1ccccc1CNC(=O)c1cccc(OCC(=O)N(C)C)c1. The maximum Gasteiger partial charge on any atom is 0.259 e. The number of nitrogens with one attached hydrogen (secondary N) is 1. The fourth-order valence-corrected chi connectivity index (χ4v) is 2.89. The lowest BCUT2D eigenvalue weighted by atomic mass is 10.1. The van der Waals surface area contributed by atoms with Gasteiger partial charge in [-0.2, -0.15) is 0 Å². The highest BCUT2D eigenvalue weighted by Crippen LogP contribution is 2.18. The number of hydrogen-bond acceptors (Lipinski definition) is 5. The maximum absolute atomic E-state index is 12.6. The first-order valence-corrected chi connectivity index (χ1v) is 10.6. The zero-order chi connectivity index (χ0) is 22.6. The Morgan fingerprint density at radius 1 is 0.968 bits per heavy atom. The molecule has 1 N–H and O–H groups in total. The minimum absolute atomic E-state index is 0.0731. The lowest BCUT2D eigenvalue weighted by Crippen LogP contribution is -2.28. The minimum Gasteiger partial charge on any atom is -0.492 e. The second-order valence-corrected chi connectivity index (χ2v) is 7.27. The minimum atomic E-state index is -0.220. The van der Waals surface area contributed by atoms with Gasteiger partial charge >= 0.3 is 0 Å². The first-order valence-electron chi connectivity index (χ1n) is 10.6. The van der Waals surface area contributed by atoms with Crippen molar-refractivity contribution in [1.82, 2.24) is 15.1 Å². The van der Waals surface area contributed by atoms with Gasteiger partial charge < -0.3 is 24.6 Å². The molecule has 2 aromatic rings. The highest BCUT2D eigenvalue weighted by atomic mass is 16.5. The van der Waals surface area contributed by atoms with E-state index in [9.17, 15) is 9.59 Å². The summed E-state index contributed by atoms with van der Waals surface area (Å²) in [6, 6.07) is 14.5. The third-order valence-corrected chi connectivity index (χ3v) is 4.93. The molecule has 2 rings (SSSR count). The van der Waals surface area contributed by atoms with Crippen molar-refractivity contribution < 1.29 is 19.1 Å². The number of para-hydroxylation sites is 1. The number of amides is 2. The van der Waals surface area contributed by atoms with E-state index >= 15 is 0 Å². The number of nitrogens with zero attached hydrogens (tertiary/aromatic N) is 2. The van der Waals surface area contributed by atoms with Gasteiger partial charge in [-0.3, -0.25) is 9.59 Å². The van der Waals surface area contributed by atoms with E-state index < -0.39 is 0 Å².